The van der Waals surface area contributed by atoms with Crippen molar-refractivity contribution in [2.24, 2.45) is 16.1 Å². The molecule has 0 bridgehead atoms. The summed E-state index contributed by atoms with van der Waals surface area (Å²) in [5.41, 5.74) is 4.20. The highest BCUT2D eigenvalue weighted by Gasteiger charge is 2.60. The Morgan fingerprint density at radius 1 is 0.811 bits per heavy atom. The van der Waals surface area contributed by atoms with Crippen LogP contribution in [0.3, 0.4) is 0 Å². The van der Waals surface area contributed by atoms with Crippen LogP contribution in [0.4, 0.5) is 5.69 Å². The Balaban J connectivity index is 1.30. The molecule has 1 aliphatic carbocycles. The van der Waals surface area contributed by atoms with Crippen LogP contribution in [0.1, 0.15) is 23.1 Å². The van der Waals surface area contributed by atoms with Crippen molar-refractivity contribution in [3.63, 3.8) is 0 Å². The summed E-state index contributed by atoms with van der Waals surface area (Å²) in [6.07, 6.45) is 1.45. The molecule has 1 unspecified atom stereocenters. The minimum Gasteiger partial charge on any atom is -0.493 e. The number of aryl methyl sites for hydroxylation is 2. The van der Waals surface area contributed by atoms with Gasteiger partial charge < -0.3 is 9.67 Å². The number of benzene rings is 4. The summed E-state index contributed by atoms with van der Waals surface area (Å²) in [7, 11) is 0. The third-order valence-electron chi connectivity index (χ3n) is 7.47. The van der Waals surface area contributed by atoms with E-state index in [1.807, 2.05) is 83.4 Å². The van der Waals surface area contributed by atoms with E-state index in [2.05, 4.69) is 46.6 Å². The number of azo groups is 1. The maximum absolute atomic E-state index is 13.4. The highest BCUT2D eigenvalue weighted by Crippen LogP contribution is 2.59. The minimum atomic E-state index is -0.398. The number of aromatic nitrogens is 1. The van der Waals surface area contributed by atoms with Gasteiger partial charge in [0.05, 0.1) is 11.4 Å². The molecular formula is C32H27N3O2. The number of para-hydroxylation sites is 1. The number of rotatable bonds is 7. The van der Waals surface area contributed by atoms with Gasteiger partial charge in [-0.15, -0.1) is 10.2 Å². The second-order valence-electron chi connectivity index (χ2n) is 9.57. The molecule has 1 aromatic heterocycles. The minimum absolute atomic E-state index is 0.0295. The molecule has 0 aliphatic heterocycles. The number of hydrogen-bond donors (Lipinski definition) is 1. The van der Waals surface area contributed by atoms with Crippen LogP contribution in [-0.4, -0.2) is 15.6 Å². The first kappa shape index (κ1) is 22.9. The molecule has 0 saturated heterocycles. The zero-order valence-corrected chi connectivity index (χ0v) is 20.4. The topological polar surface area (TPSA) is 66.9 Å². The standard InChI is InChI=1S/C32H27N3O2/c36-30(27-22-32(27,24-14-6-2-7-15-24)25-16-8-3-9-17-25)34-33-29-26-18-10-11-19-28(26)35(31(29)37)21-20-23-12-4-1-5-13-23/h1-19,27,37H,20-22H2. The number of amides is 1. The van der Waals surface area contributed by atoms with E-state index in [1.54, 1.807) is 0 Å². The van der Waals surface area contributed by atoms with E-state index in [1.165, 1.54) is 5.56 Å². The predicted molar refractivity (Wildman–Crippen MR) is 145 cm³/mol. The van der Waals surface area contributed by atoms with Gasteiger partial charge >= 0.3 is 0 Å². The number of carbonyl (C=O) groups excluding carboxylic acids is 1. The van der Waals surface area contributed by atoms with Crippen molar-refractivity contribution in [3.8, 4) is 5.88 Å². The Hall–Kier alpha value is -4.51. The van der Waals surface area contributed by atoms with Crippen LogP contribution in [0.2, 0.25) is 0 Å². The monoisotopic (exact) mass is 485 g/mol. The van der Waals surface area contributed by atoms with Crippen molar-refractivity contribution < 1.29 is 9.90 Å². The van der Waals surface area contributed by atoms with Crippen molar-refractivity contribution in [2.75, 3.05) is 0 Å². The second-order valence-corrected chi connectivity index (χ2v) is 9.57. The van der Waals surface area contributed by atoms with Gasteiger partial charge in [-0.25, -0.2) is 0 Å². The van der Waals surface area contributed by atoms with Crippen LogP contribution in [0.15, 0.2) is 125 Å². The first-order chi connectivity index (χ1) is 18.2. The zero-order valence-electron chi connectivity index (χ0n) is 20.4. The Morgan fingerprint density at radius 3 is 2.03 bits per heavy atom. The highest BCUT2D eigenvalue weighted by atomic mass is 16.3. The molecule has 1 aliphatic rings. The fourth-order valence-electron chi connectivity index (χ4n) is 5.49. The van der Waals surface area contributed by atoms with Gasteiger partial charge in [0.25, 0.3) is 5.91 Å². The molecule has 0 spiro atoms. The molecule has 1 fully saturated rings. The lowest BCUT2D eigenvalue weighted by Gasteiger charge is -2.17. The lowest BCUT2D eigenvalue weighted by Crippen LogP contribution is -2.16. The third-order valence-corrected chi connectivity index (χ3v) is 7.47. The number of aromatic hydroxyl groups is 1. The molecule has 5 nitrogen and oxygen atoms in total. The normalized spacial score (nSPS) is 16.3. The van der Waals surface area contributed by atoms with E-state index in [4.69, 9.17) is 0 Å². The maximum atomic E-state index is 13.4. The van der Waals surface area contributed by atoms with E-state index >= 15 is 0 Å². The highest BCUT2D eigenvalue weighted by molar-refractivity contribution is 5.95. The Morgan fingerprint density at radius 2 is 1.38 bits per heavy atom. The fourth-order valence-corrected chi connectivity index (χ4v) is 5.49. The molecule has 1 amide bonds. The molecule has 4 aromatic carbocycles. The number of fused-ring (bicyclic) bond motifs is 1. The van der Waals surface area contributed by atoms with Gasteiger partial charge in [0.15, 0.2) is 5.69 Å². The molecule has 1 saturated carbocycles. The quantitative estimate of drug-likeness (QED) is 0.248. The van der Waals surface area contributed by atoms with Gasteiger partial charge in [0, 0.05) is 17.3 Å². The van der Waals surface area contributed by atoms with Crippen molar-refractivity contribution >= 4 is 22.5 Å². The van der Waals surface area contributed by atoms with Crippen LogP contribution in [0.5, 0.6) is 5.88 Å². The molecule has 5 aromatic rings. The Kier molecular flexibility index (Phi) is 5.89. The SMILES string of the molecule is O=C(N=Nc1c(O)n(CCc2ccccc2)c2ccccc12)C1CC1(c1ccccc1)c1ccccc1. The van der Waals surface area contributed by atoms with Crippen LogP contribution in [0.25, 0.3) is 10.9 Å². The molecule has 1 N–H and O–H groups in total. The average molecular weight is 486 g/mol. The number of hydrogen-bond acceptors (Lipinski definition) is 3. The molecule has 1 atom stereocenters. The molecule has 5 heteroatoms. The molecule has 182 valence electrons. The summed E-state index contributed by atoms with van der Waals surface area (Å²) in [6, 6.07) is 38.1. The molecule has 37 heavy (non-hydrogen) atoms. The molecular weight excluding hydrogens is 458 g/mol. The summed E-state index contributed by atoms with van der Waals surface area (Å²) in [6.45, 7) is 0.591. The van der Waals surface area contributed by atoms with E-state index in [-0.39, 0.29) is 17.7 Å². The predicted octanol–water partition coefficient (Wildman–Crippen LogP) is 7.21. The summed E-state index contributed by atoms with van der Waals surface area (Å²) in [5, 5.41) is 20.4. The first-order valence-electron chi connectivity index (χ1n) is 12.6. The summed E-state index contributed by atoms with van der Waals surface area (Å²) in [5.74, 6) is -0.537. The molecule has 1 heterocycles. The van der Waals surface area contributed by atoms with E-state index < -0.39 is 5.41 Å². The number of nitrogens with zero attached hydrogens (tertiary/aromatic N) is 3. The van der Waals surface area contributed by atoms with Crippen molar-refractivity contribution in [1.82, 2.24) is 4.57 Å². The van der Waals surface area contributed by atoms with Gasteiger partial charge in [-0.2, -0.15) is 0 Å². The smallest absolute Gasteiger partial charge is 0.269 e. The van der Waals surface area contributed by atoms with Gasteiger partial charge in [-0.1, -0.05) is 109 Å². The van der Waals surface area contributed by atoms with Gasteiger partial charge in [0.2, 0.25) is 5.88 Å². The zero-order chi connectivity index (χ0) is 25.2. The summed E-state index contributed by atoms with van der Waals surface area (Å²) in [4.78, 5) is 13.4. The molecule has 0 radical (unpaired) electrons. The molecule has 6 rings (SSSR count). The van der Waals surface area contributed by atoms with E-state index in [0.29, 0.717) is 18.7 Å². The van der Waals surface area contributed by atoms with Crippen LogP contribution < -0.4 is 0 Å². The third kappa shape index (κ3) is 4.12. The summed E-state index contributed by atoms with van der Waals surface area (Å²) >= 11 is 0. The van der Waals surface area contributed by atoms with Crippen LogP contribution in [-0.2, 0) is 23.2 Å². The Labute approximate surface area is 215 Å². The van der Waals surface area contributed by atoms with Gasteiger partial charge in [-0.3, -0.25) is 4.79 Å². The number of carbonyl (C=O) groups is 1. The van der Waals surface area contributed by atoms with Crippen molar-refractivity contribution in [3.05, 3.63) is 132 Å². The average Bonchev–Trinajstić information content (AvgIpc) is 3.67. The fraction of sp³-hybridized carbons (Fsp3) is 0.156. The van der Waals surface area contributed by atoms with Crippen molar-refractivity contribution in [1.29, 1.82) is 0 Å². The Bertz CT molecular complexity index is 1540. The van der Waals surface area contributed by atoms with Crippen LogP contribution in [0, 0.1) is 5.92 Å². The second kappa shape index (κ2) is 9.51. The van der Waals surface area contributed by atoms with E-state index in [9.17, 15) is 9.90 Å². The summed E-state index contributed by atoms with van der Waals surface area (Å²) < 4.78 is 1.84. The van der Waals surface area contributed by atoms with Crippen LogP contribution >= 0.6 is 0 Å². The van der Waals surface area contributed by atoms with Gasteiger partial charge in [0.1, 0.15) is 0 Å². The largest absolute Gasteiger partial charge is 0.493 e. The van der Waals surface area contributed by atoms with Gasteiger partial charge in [-0.05, 0) is 35.6 Å². The van der Waals surface area contributed by atoms with Crippen molar-refractivity contribution in [2.45, 2.75) is 24.8 Å². The first-order valence-corrected chi connectivity index (χ1v) is 12.6. The lowest BCUT2D eigenvalue weighted by molar-refractivity contribution is -0.119. The maximum Gasteiger partial charge on any atom is 0.269 e. The lowest BCUT2D eigenvalue weighted by atomic mass is 9.85. The van der Waals surface area contributed by atoms with E-state index in [0.717, 1.165) is 28.5 Å².